The second-order valence-corrected chi connectivity index (χ2v) is 12.6. The van der Waals surface area contributed by atoms with Crippen molar-refractivity contribution in [3.63, 3.8) is 0 Å². The molecule has 0 atom stereocenters. The zero-order valence-electron chi connectivity index (χ0n) is 28.3. The molecule has 0 bridgehead atoms. The minimum atomic E-state index is 0.626. The van der Waals surface area contributed by atoms with E-state index in [2.05, 4.69) is 171 Å². The van der Waals surface area contributed by atoms with E-state index < -0.39 is 0 Å². The molecular formula is C44H29N9. The molecule has 0 spiro atoms. The summed E-state index contributed by atoms with van der Waals surface area (Å²) in [5.41, 5.74) is 10.5. The van der Waals surface area contributed by atoms with Crippen LogP contribution in [0.4, 0.5) is 17.1 Å². The Hall–Kier alpha value is -7.52. The average molecular weight is 684 g/mol. The van der Waals surface area contributed by atoms with Gasteiger partial charge in [0.05, 0.1) is 16.6 Å². The molecule has 0 unspecified atom stereocenters. The van der Waals surface area contributed by atoms with Gasteiger partial charge in [0, 0.05) is 61.9 Å². The number of hydrogen-bond acceptors (Lipinski definition) is 7. The summed E-state index contributed by atoms with van der Waals surface area (Å²) < 4.78 is 4.63. The molecule has 0 N–H and O–H groups in total. The van der Waals surface area contributed by atoms with Crippen LogP contribution in [-0.2, 0) is 0 Å². The molecule has 6 aromatic carbocycles. The number of rotatable bonds is 7. The number of anilines is 3. The first-order chi connectivity index (χ1) is 26.3. The Morgan fingerprint density at radius 1 is 0.415 bits per heavy atom. The van der Waals surface area contributed by atoms with Crippen molar-refractivity contribution in [2.75, 3.05) is 4.90 Å². The second-order valence-electron chi connectivity index (χ2n) is 12.6. The maximum absolute atomic E-state index is 4.36. The van der Waals surface area contributed by atoms with Gasteiger partial charge in [-0.05, 0) is 109 Å². The van der Waals surface area contributed by atoms with Gasteiger partial charge in [0.25, 0.3) is 0 Å². The van der Waals surface area contributed by atoms with Crippen LogP contribution in [0.3, 0.4) is 0 Å². The van der Waals surface area contributed by atoms with Gasteiger partial charge in [0.1, 0.15) is 25.3 Å². The van der Waals surface area contributed by atoms with Crippen molar-refractivity contribution < 1.29 is 0 Å². The highest BCUT2D eigenvalue weighted by molar-refractivity contribution is 6.21. The Morgan fingerprint density at radius 2 is 0.925 bits per heavy atom. The fourth-order valence-electron chi connectivity index (χ4n) is 7.27. The number of benzene rings is 6. The highest BCUT2D eigenvalue weighted by Gasteiger charge is 2.20. The zero-order chi connectivity index (χ0) is 35.1. The van der Waals surface area contributed by atoms with Crippen LogP contribution in [0.1, 0.15) is 0 Å². The molecule has 4 aromatic heterocycles. The highest BCUT2D eigenvalue weighted by atomic mass is 15.1. The monoisotopic (exact) mass is 683 g/mol. The number of fused-ring (bicyclic) bond motifs is 5. The third-order valence-electron chi connectivity index (χ3n) is 9.64. The van der Waals surface area contributed by atoms with Crippen LogP contribution in [0, 0.1) is 0 Å². The van der Waals surface area contributed by atoms with Crippen LogP contribution >= 0.6 is 0 Å². The first kappa shape index (κ1) is 30.3. The molecule has 0 aliphatic carbocycles. The van der Waals surface area contributed by atoms with Crippen LogP contribution in [0.2, 0.25) is 0 Å². The fraction of sp³-hybridized carbons (Fsp3) is 0. The summed E-state index contributed by atoms with van der Waals surface area (Å²) in [5, 5.41) is 3.55. The third kappa shape index (κ3) is 5.26. The van der Waals surface area contributed by atoms with E-state index in [4.69, 9.17) is 0 Å². The fourth-order valence-corrected chi connectivity index (χ4v) is 7.27. The zero-order valence-corrected chi connectivity index (χ0v) is 28.3. The van der Waals surface area contributed by atoms with E-state index in [1.54, 1.807) is 0 Å². The minimum Gasteiger partial charge on any atom is -0.317 e. The molecule has 0 radical (unpaired) electrons. The van der Waals surface area contributed by atoms with Gasteiger partial charge in [-0.1, -0.05) is 36.4 Å². The van der Waals surface area contributed by atoms with Crippen LogP contribution in [-0.4, -0.2) is 39.0 Å². The molecule has 10 rings (SSSR count). The molecule has 0 aliphatic heterocycles. The molecular weight excluding hydrogens is 655 g/mol. The summed E-state index contributed by atoms with van der Waals surface area (Å²) in [5.74, 6) is 1.25. The lowest BCUT2D eigenvalue weighted by Gasteiger charge is -2.26. The Bertz CT molecular complexity index is 2770. The molecule has 0 fully saturated rings. The summed E-state index contributed by atoms with van der Waals surface area (Å²) in [6.07, 6.45) is 8.24. The smallest absolute Gasteiger partial charge is 0.162 e. The van der Waals surface area contributed by atoms with E-state index in [0.717, 1.165) is 61.5 Å². The molecule has 9 heteroatoms. The van der Waals surface area contributed by atoms with Gasteiger partial charge in [0.2, 0.25) is 0 Å². The van der Waals surface area contributed by atoms with Gasteiger partial charge in [0.15, 0.2) is 11.6 Å². The molecule has 10 aromatic rings. The van der Waals surface area contributed by atoms with E-state index >= 15 is 0 Å². The quantitative estimate of drug-likeness (QED) is 0.165. The minimum absolute atomic E-state index is 0.626. The van der Waals surface area contributed by atoms with E-state index in [1.807, 2.05) is 24.3 Å². The lowest BCUT2D eigenvalue weighted by atomic mass is 10.1. The van der Waals surface area contributed by atoms with Gasteiger partial charge in [-0.2, -0.15) is 0 Å². The summed E-state index contributed by atoms with van der Waals surface area (Å²) >= 11 is 0. The first-order valence-electron chi connectivity index (χ1n) is 17.2. The van der Waals surface area contributed by atoms with Crippen molar-refractivity contribution >= 4 is 49.8 Å². The molecule has 0 aliphatic rings. The maximum Gasteiger partial charge on any atom is 0.162 e. The Morgan fingerprint density at radius 3 is 1.51 bits per heavy atom. The second kappa shape index (κ2) is 12.7. The topological polar surface area (TPSA) is 90.4 Å². The number of aromatic nitrogens is 8. The van der Waals surface area contributed by atoms with E-state index in [1.165, 1.54) is 36.1 Å². The number of nitrogens with zero attached hydrogens (tertiary/aromatic N) is 9. The Kier molecular flexibility index (Phi) is 7.25. The largest absolute Gasteiger partial charge is 0.317 e. The van der Waals surface area contributed by atoms with Crippen LogP contribution in [0.5, 0.6) is 0 Å². The predicted molar refractivity (Wildman–Crippen MR) is 210 cm³/mol. The summed E-state index contributed by atoms with van der Waals surface area (Å²) in [4.78, 5) is 27.7. The molecule has 0 amide bonds. The van der Waals surface area contributed by atoms with Crippen molar-refractivity contribution in [1.82, 2.24) is 39.0 Å². The van der Waals surface area contributed by atoms with Gasteiger partial charge in [-0.15, -0.1) is 0 Å². The van der Waals surface area contributed by atoms with Crippen molar-refractivity contribution in [2.24, 2.45) is 0 Å². The SMILES string of the molecule is c1ccc(-n2ccc3c4c5cc(N(c6ccc(-c7ncncn7)cc6)c6ccc(-c7ncncn7)cc6)ccc5n(-c5ccccc5)c4ccc32)cc1. The molecule has 0 saturated heterocycles. The van der Waals surface area contributed by atoms with Gasteiger partial charge in [-0.25, -0.2) is 29.9 Å². The molecule has 53 heavy (non-hydrogen) atoms. The molecule has 9 nitrogen and oxygen atoms in total. The van der Waals surface area contributed by atoms with Gasteiger partial charge in [-0.3, -0.25) is 0 Å². The van der Waals surface area contributed by atoms with Gasteiger partial charge < -0.3 is 14.0 Å². The van der Waals surface area contributed by atoms with E-state index in [-0.39, 0.29) is 0 Å². The maximum atomic E-state index is 4.36. The van der Waals surface area contributed by atoms with E-state index in [0.29, 0.717) is 11.6 Å². The van der Waals surface area contributed by atoms with Crippen molar-refractivity contribution in [3.05, 3.63) is 177 Å². The van der Waals surface area contributed by atoms with Crippen molar-refractivity contribution in [3.8, 4) is 34.2 Å². The first-order valence-corrected chi connectivity index (χ1v) is 17.2. The lowest BCUT2D eigenvalue weighted by molar-refractivity contribution is 1.06. The van der Waals surface area contributed by atoms with E-state index in [9.17, 15) is 0 Å². The summed E-state index contributed by atoms with van der Waals surface area (Å²) in [6.45, 7) is 0. The van der Waals surface area contributed by atoms with Crippen LogP contribution in [0.25, 0.3) is 66.9 Å². The average Bonchev–Trinajstić information content (AvgIpc) is 3.82. The lowest BCUT2D eigenvalue weighted by Crippen LogP contribution is -2.10. The summed E-state index contributed by atoms with van der Waals surface area (Å²) in [6, 6.07) is 51.2. The van der Waals surface area contributed by atoms with Crippen molar-refractivity contribution in [2.45, 2.75) is 0 Å². The highest BCUT2D eigenvalue weighted by Crippen LogP contribution is 2.42. The summed E-state index contributed by atoms with van der Waals surface area (Å²) in [7, 11) is 0. The molecule has 250 valence electrons. The molecule has 4 heterocycles. The number of hydrogen-bond donors (Lipinski definition) is 0. The normalized spacial score (nSPS) is 11.4. The Labute approximate surface area is 304 Å². The standard InChI is InChI=1S/C44H29N9/c1-3-7-32(8-4-1)51-24-23-37-39(51)21-22-41-42(37)38-25-36(19-20-40(38)53(41)33-9-5-2-6-10-33)52(34-15-11-30(12-16-34)43-47-26-45-27-48-43)35-17-13-31(14-18-35)44-49-28-46-29-50-44/h1-29H. The third-order valence-corrected chi connectivity index (χ3v) is 9.64. The Balaban J connectivity index is 1.19. The number of para-hydroxylation sites is 2. The predicted octanol–water partition coefficient (Wildman–Crippen LogP) is 9.90. The van der Waals surface area contributed by atoms with Crippen LogP contribution < -0.4 is 4.90 Å². The van der Waals surface area contributed by atoms with Crippen molar-refractivity contribution in [1.29, 1.82) is 0 Å². The van der Waals surface area contributed by atoms with Gasteiger partial charge >= 0.3 is 0 Å². The molecule has 0 saturated carbocycles. The van der Waals surface area contributed by atoms with Crippen LogP contribution in [0.15, 0.2) is 177 Å².